The van der Waals surface area contributed by atoms with E-state index in [4.69, 9.17) is 16.3 Å². The predicted octanol–water partition coefficient (Wildman–Crippen LogP) is 3.36. The van der Waals surface area contributed by atoms with Crippen molar-refractivity contribution in [3.63, 3.8) is 0 Å². The number of hydrogen-bond acceptors (Lipinski definition) is 4. The standard InChI is InChI=1S/C19H19ClN2O3S/c1-25-16-6-3-7-17(10-16)26-12-18(23)21-14-9-19(24)22(11-14)15-5-2-4-13(20)8-15/h2-8,10,14H,9,11-12H2,1H3,(H,21,23). The van der Waals surface area contributed by atoms with E-state index in [-0.39, 0.29) is 23.6 Å². The first-order valence-electron chi connectivity index (χ1n) is 8.17. The van der Waals surface area contributed by atoms with Crippen LogP contribution in [0.1, 0.15) is 6.42 Å². The minimum atomic E-state index is -0.195. The molecule has 1 unspecified atom stereocenters. The summed E-state index contributed by atoms with van der Waals surface area (Å²) in [6, 6.07) is 14.5. The van der Waals surface area contributed by atoms with E-state index in [0.717, 1.165) is 16.3 Å². The summed E-state index contributed by atoms with van der Waals surface area (Å²) >= 11 is 7.43. The molecular weight excluding hydrogens is 372 g/mol. The van der Waals surface area contributed by atoms with Crippen molar-refractivity contribution in [1.29, 1.82) is 0 Å². The molecule has 1 aliphatic heterocycles. The van der Waals surface area contributed by atoms with Crippen LogP contribution in [0.4, 0.5) is 5.69 Å². The molecule has 1 saturated heterocycles. The SMILES string of the molecule is COc1cccc(SCC(=O)NC2CC(=O)N(c3cccc(Cl)c3)C2)c1. The zero-order valence-electron chi connectivity index (χ0n) is 14.3. The molecule has 26 heavy (non-hydrogen) atoms. The van der Waals surface area contributed by atoms with Gasteiger partial charge in [-0.1, -0.05) is 23.7 Å². The van der Waals surface area contributed by atoms with E-state index in [1.807, 2.05) is 36.4 Å². The zero-order valence-corrected chi connectivity index (χ0v) is 15.8. The van der Waals surface area contributed by atoms with Crippen molar-refractivity contribution in [1.82, 2.24) is 5.32 Å². The van der Waals surface area contributed by atoms with Gasteiger partial charge in [0.25, 0.3) is 0 Å². The topological polar surface area (TPSA) is 58.6 Å². The summed E-state index contributed by atoms with van der Waals surface area (Å²) < 4.78 is 5.18. The summed E-state index contributed by atoms with van der Waals surface area (Å²) in [4.78, 5) is 27.1. The van der Waals surface area contributed by atoms with Crippen molar-refractivity contribution in [2.24, 2.45) is 0 Å². The van der Waals surface area contributed by atoms with Gasteiger partial charge in [-0.25, -0.2) is 0 Å². The number of carbonyl (C=O) groups is 2. The molecule has 0 aliphatic carbocycles. The van der Waals surface area contributed by atoms with Gasteiger partial charge in [-0.3, -0.25) is 9.59 Å². The molecule has 2 aromatic carbocycles. The largest absolute Gasteiger partial charge is 0.497 e. The van der Waals surface area contributed by atoms with Gasteiger partial charge in [0.05, 0.1) is 18.9 Å². The Balaban J connectivity index is 1.52. The Bertz CT molecular complexity index is 815. The first kappa shape index (κ1) is 18.6. The number of benzene rings is 2. The lowest BCUT2D eigenvalue weighted by Crippen LogP contribution is -2.38. The molecule has 5 nitrogen and oxygen atoms in total. The normalized spacial score (nSPS) is 16.6. The second-order valence-corrected chi connectivity index (χ2v) is 7.41. The summed E-state index contributed by atoms with van der Waals surface area (Å²) in [5.41, 5.74) is 0.755. The van der Waals surface area contributed by atoms with Gasteiger partial charge in [0.15, 0.2) is 0 Å². The number of thioether (sulfide) groups is 1. The number of amides is 2. The minimum absolute atomic E-state index is 0.0157. The average Bonchev–Trinajstić information content (AvgIpc) is 3.00. The maximum absolute atomic E-state index is 12.2. The minimum Gasteiger partial charge on any atom is -0.497 e. The van der Waals surface area contributed by atoms with E-state index in [0.29, 0.717) is 18.0 Å². The molecule has 1 N–H and O–H groups in total. The van der Waals surface area contributed by atoms with Crippen LogP contribution in [0.15, 0.2) is 53.4 Å². The molecule has 0 saturated carbocycles. The number of nitrogens with zero attached hydrogens (tertiary/aromatic N) is 1. The van der Waals surface area contributed by atoms with Gasteiger partial charge in [-0.2, -0.15) is 0 Å². The molecule has 0 radical (unpaired) electrons. The van der Waals surface area contributed by atoms with Crippen molar-refractivity contribution in [3.05, 3.63) is 53.6 Å². The van der Waals surface area contributed by atoms with Crippen LogP contribution in [0.25, 0.3) is 0 Å². The van der Waals surface area contributed by atoms with E-state index < -0.39 is 0 Å². The number of hydrogen-bond donors (Lipinski definition) is 1. The van der Waals surface area contributed by atoms with Gasteiger partial charge in [0.2, 0.25) is 11.8 Å². The molecule has 1 fully saturated rings. The Morgan fingerprint density at radius 3 is 2.88 bits per heavy atom. The van der Waals surface area contributed by atoms with Crippen molar-refractivity contribution in [3.8, 4) is 5.75 Å². The number of ether oxygens (including phenoxy) is 1. The molecule has 2 amide bonds. The fraction of sp³-hybridized carbons (Fsp3) is 0.263. The highest BCUT2D eigenvalue weighted by Gasteiger charge is 2.31. The molecule has 3 rings (SSSR count). The zero-order chi connectivity index (χ0) is 18.5. The smallest absolute Gasteiger partial charge is 0.230 e. The summed E-state index contributed by atoms with van der Waals surface area (Å²) in [6.07, 6.45) is 0.294. The van der Waals surface area contributed by atoms with Gasteiger partial charge >= 0.3 is 0 Å². The van der Waals surface area contributed by atoms with E-state index in [1.165, 1.54) is 11.8 Å². The molecule has 0 bridgehead atoms. The van der Waals surface area contributed by atoms with Crippen molar-refractivity contribution >= 4 is 40.9 Å². The quantitative estimate of drug-likeness (QED) is 0.768. The molecular formula is C19H19ClN2O3S. The molecule has 7 heteroatoms. The monoisotopic (exact) mass is 390 g/mol. The Kier molecular flexibility index (Phi) is 6.06. The summed E-state index contributed by atoms with van der Waals surface area (Å²) in [5.74, 6) is 0.935. The lowest BCUT2D eigenvalue weighted by Gasteiger charge is -2.17. The first-order chi connectivity index (χ1) is 12.5. The van der Waals surface area contributed by atoms with E-state index in [1.54, 1.807) is 24.1 Å². The number of methoxy groups -OCH3 is 1. The Hall–Kier alpha value is -2.18. The average molecular weight is 391 g/mol. The molecule has 1 heterocycles. The van der Waals surface area contributed by atoms with Gasteiger partial charge in [0.1, 0.15) is 5.75 Å². The van der Waals surface area contributed by atoms with Crippen LogP contribution < -0.4 is 15.0 Å². The van der Waals surface area contributed by atoms with Gasteiger partial charge < -0.3 is 15.0 Å². The fourth-order valence-corrected chi connectivity index (χ4v) is 3.75. The van der Waals surface area contributed by atoms with Crippen LogP contribution in [-0.4, -0.2) is 37.3 Å². The van der Waals surface area contributed by atoms with Crippen LogP contribution in [0.2, 0.25) is 5.02 Å². The molecule has 0 spiro atoms. The number of rotatable bonds is 6. The second kappa shape index (κ2) is 8.47. The lowest BCUT2D eigenvalue weighted by molar-refractivity contribution is -0.119. The van der Waals surface area contributed by atoms with Gasteiger partial charge in [-0.05, 0) is 36.4 Å². The maximum Gasteiger partial charge on any atom is 0.230 e. The third-order valence-electron chi connectivity index (χ3n) is 4.02. The van der Waals surface area contributed by atoms with E-state index in [9.17, 15) is 9.59 Å². The predicted molar refractivity (Wildman–Crippen MR) is 104 cm³/mol. The van der Waals surface area contributed by atoms with Crippen LogP contribution in [0.3, 0.4) is 0 Å². The fourth-order valence-electron chi connectivity index (χ4n) is 2.81. The van der Waals surface area contributed by atoms with Crippen LogP contribution >= 0.6 is 23.4 Å². The Morgan fingerprint density at radius 1 is 1.31 bits per heavy atom. The Labute approximate surface area is 161 Å². The number of halogens is 1. The highest BCUT2D eigenvalue weighted by atomic mass is 35.5. The number of carbonyl (C=O) groups excluding carboxylic acids is 2. The number of nitrogens with one attached hydrogen (secondary N) is 1. The lowest BCUT2D eigenvalue weighted by atomic mass is 10.2. The second-order valence-electron chi connectivity index (χ2n) is 5.92. The van der Waals surface area contributed by atoms with E-state index in [2.05, 4.69) is 5.32 Å². The van der Waals surface area contributed by atoms with Gasteiger partial charge in [-0.15, -0.1) is 11.8 Å². The molecule has 0 aromatic heterocycles. The van der Waals surface area contributed by atoms with Crippen molar-refractivity contribution < 1.29 is 14.3 Å². The highest BCUT2D eigenvalue weighted by molar-refractivity contribution is 8.00. The van der Waals surface area contributed by atoms with Gasteiger partial charge in [0, 0.05) is 28.6 Å². The third-order valence-corrected chi connectivity index (χ3v) is 5.25. The molecule has 1 aliphatic rings. The Morgan fingerprint density at radius 2 is 2.12 bits per heavy atom. The number of anilines is 1. The summed E-state index contributed by atoms with van der Waals surface area (Å²) in [5, 5.41) is 3.52. The third kappa shape index (κ3) is 4.71. The highest BCUT2D eigenvalue weighted by Crippen LogP contribution is 2.25. The summed E-state index contributed by atoms with van der Waals surface area (Å²) in [7, 11) is 1.61. The van der Waals surface area contributed by atoms with Crippen LogP contribution in [-0.2, 0) is 9.59 Å². The van der Waals surface area contributed by atoms with Crippen molar-refractivity contribution in [2.75, 3.05) is 24.3 Å². The summed E-state index contributed by atoms with van der Waals surface area (Å²) in [6.45, 7) is 0.453. The first-order valence-corrected chi connectivity index (χ1v) is 9.53. The molecule has 1 atom stereocenters. The van der Waals surface area contributed by atoms with Crippen LogP contribution in [0, 0.1) is 0 Å². The van der Waals surface area contributed by atoms with E-state index >= 15 is 0 Å². The van der Waals surface area contributed by atoms with Crippen LogP contribution in [0.5, 0.6) is 5.75 Å². The molecule has 136 valence electrons. The van der Waals surface area contributed by atoms with Crippen molar-refractivity contribution in [2.45, 2.75) is 17.4 Å². The molecule has 2 aromatic rings. The maximum atomic E-state index is 12.2.